The highest BCUT2D eigenvalue weighted by Crippen LogP contribution is 2.63. The second-order valence-corrected chi connectivity index (χ2v) is 36.8. The van der Waals surface area contributed by atoms with E-state index in [0.717, 1.165) is 51.5 Å². The number of nitriles is 2. The third-order valence-electron chi connectivity index (χ3n) is 21.4. The molecule has 122 heavy (non-hydrogen) atoms. The second kappa shape index (κ2) is 35.1. The van der Waals surface area contributed by atoms with Crippen LogP contribution in [-0.4, -0.2) is 333 Å². The van der Waals surface area contributed by atoms with Crippen LogP contribution in [0.1, 0.15) is 32.6 Å². The van der Waals surface area contributed by atoms with Crippen molar-refractivity contribution in [2.24, 2.45) is 11.8 Å². The lowest BCUT2D eigenvalue weighted by Crippen LogP contribution is -2.55. The number of methoxy groups -OCH3 is 2. The van der Waals surface area contributed by atoms with Crippen molar-refractivity contribution < 1.29 is 220 Å². The predicted molar refractivity (Wildman–Crippen MR) is 372 cm³/mol. The van der Waals surface area contributed by atoms with E-state index in [1.165, 1.54) is 0 Å². The third-order valence-corrected chi connectivity index (χ3v) is 30.4. The van der Waals surface area contributed by atoms with Crippen LogP contribution in [0.4, 0.5) is 0 Å². The van der Waals surface area contributed by atoms with Crippen LogP contribution < -0.4 is 0 Å². The predicted octanol–water partition coefficient (Wildman–Crippen LogP) is -7.07. The molecule has 50 nitrogen and oxygen atoms in total. The summed E-state index contributed by atoms with van der Waals surface area (Å²) < 4.78 is 238. The van der Waals surface area contributed by atoms with Gasteiger partial charge in [-0.15, -0.1) is 0 Å². The summed E-state index contributed by atoms with van der Waals surface area (Å²) in [5.74, 6) is -13.2. The molecule has 15 fully saturated rings. The highest BCUT2D eigenvalue weighted by Gasteiger charge is 2.83. The van der Waals surface area contributed by atoms with Crippen molar-refractivity contribution in [1.82, 2.24) is 0 Å². The molecule has 0 aromatic heterocycles. The first-order valence-corrected chi connectivity index (χ1v) is 42.7. The second-order valence-electron chi connectivity index (χ2n) is 28.0. The number of hydrogen-bond acceptors (Lipinski definition) is 50. The lowest BCUT2D eigenvalue weighted by molar-refractivity contribution is -0.177. The number of nitrogens with zero attached hydrogens (tertiary/aromatic N) is 2. The molecule has 666 valence electrons. The van der Waals surface area contributed by atoms with Gasteiger partial charge in [0.2, 0.25) is 9.49 Å². The molecule has 0 aromatic carbocycles. The van der Waals surface area contributed by atoms with E-state index in [4.69, 9.17) is 78.3 Å². The van der Waals surface area contributed by atoms with Crippen LogP contribution in [0, 0.1) is 34.5 Å². The number of fused-ring (bicyclic) bond motifs is 5. The van der Waals surface area contributed by atoms with E-state index in [0.29, 0.717) is 0 Å². The minimum atomic E-state index is -4.29. The lowest BCUT2D eigenvalue weighted by atomic mass is 9.76. The molecule has 15 aliphatic rings. The quantitative estimate of drug-likeness (QED) is 0.0175. The van der Waals surface area contributed by atoms with Crippen molar-refractivity contribution in [3.63, 3.8) is 0 Å². The minimum Gasteiger partial charge on any atom is -0.469 e. The largest absolute Gasteiger partial charge is 0.469 e. The van der Waals surface area contributed by atoms with Gasteiger partial charge in [-0.05, 0) is 0 Å². The molecule has 27 unspecified atom stereocenters. The molecule has 0 amide bonds. The van der Waals surface area contributed by atoms with E-state index in [1.807, 2.05) is 6.07 Å². The van der Waals surface area contributed by atoms with E-state index in [2.05, 4.69) is 70.8 Å². The Bertz CT molecular complexity index is 5100. The molecule has 0 radical (unpaired) electrons. The van der Waals surface area contributed by atoms with Crippen LogP contribution in [0.5, 0.6) is 0 Å². The van der Waals surface area contributed by atoms with E-state index >= 15 is 0 Å². The minimum absolute atomic E-state index is 0.0539. The van der Waals surface area contributed by atoms with E-state index in [-0.39, 0.29) is 38.8 Å². The Morgan fingerprint density at radius 1 is 0.467 bits per heavy atom. The summed E-state index contributed by atoms with van der Waals surface area (Å²) in [7, 11) is -18.3. The van der Waals surface area contributed by atoms with Crippen molar-refractivity contribution >= 4 is 135 Å². The first-order valence-electron chi connectivity index (χ1n) is 35.4. The Kier molecular flexibility index (Phi) is 26.6. The zero-order valence-electron chi connectivity index (χ0n) is 63.1. The molecule has 27 atom stereocenters. The van der Waals surface area contributed by atoms with Crippen LogP contribution in [-0.2, 0) is 229 Å². The Labute approximate surface area is 688 Å². The van der Waals surface area contributed by atoms with Gasteiger partial charge in [-0.3, -0.25) is 40.1 Å². The molecule has 0 spiro atoms. The summed E-state index contributed by atoms with van der Waals surface area (Å²) in [5.41, 5.74) is -2.96. The fraction of sp³-hybridized carbons (Fsp3) is 0.612. The monoisotopic (exact) mass is 1830 g/mol. The van der Waals surface area contributed by atoms with Gasteiger partial charge in [0.25, 0.3) is 57.1 Å². The first kappa shape index (κ1) is 92.3. The molecule has 10 bridgehead atoms. The molecule has 0 N–H and O–H groups in total. The van der Waals surface area contributed by atoms with Crippen LogP contribution >= 0.6 is 0 Å². The molecule has 15 aliphatic heterocycles. The number of carbonyl (C=O) groups excluding carboxylic acids is 14. The molecule has 55 heteroatoms. The van der Waals surface area contributed by atoms with Gasteiger partial charge in [0.05, 0.1) is 38.9 Å². The molecule has 15 heterocycles. The summed E-state index contributed by atoms with van der Waals surface area (Å²) in [4.78, 5) is 159. The van der Waals surface area contributed by atoms with Crippen molar-refractivity contribution in [1.29, 1.82) is 10.5 Å². The standard InChI is InChI=1S/C17H20O12S.2C13H14O10S.2C12H11NO8S/c1-3-12(20)25-7-13(21)27-14-15-17(4-5-24-9-18)11(30(22,23)28-15)6-16(14,29-17)8-26-10(2)19;1-3-7(14)20-5-8(15)22-9-6-4-13(12(16)19-2)11(21-6)10(9)23-24(13,17)18;1-3-5(14)20-4-6(15)21-9-8-7(13(16)19-2)12-11(22-8)10(9)23-24(12,17)18;1-2-7(14)18-4-8(15)20-9-6-3-12(5-13)11(19-6)10(9)21-22(12,16)17;1-2-6(14)18-4-7(15)19-9-8-5(3-13)12-11(20-8)10(9)21-22(12,16)17/h3,9,11,14-15H,1,4-8H2,2H3;3,6,9-11H,1,4-5H2,2H3;3,7-12H,1,4H2,2H3;2,6,9-11H,1,3-4H2;2,5,8-12H,1,4H2. The summed E-state index contributed by atoms with van der Waals surface area (Å²) in [6.45, 7) is 13.3. The van der Waals surface area contributed by atoms with Crippen LogP contribution in [0.25, 0.3) is 0 Å². The van der Waals surface area contributed by atoms with Gasteiger partial charge in [0.15, 0.2) is 63.6 Å². The average Bonchev–Trinajstić information content (AvgIpc) is 1.50. The Morgan fingerprint density at radius 3 is 1.38 bits per heavy atom. The number of ether oxygens (including phenoxy) is 19. The normalized spacial score (nSPS) is 37.8. The number of esters is 13. The fourth-order valence-corrected chi connectivity index (χ4v) is 25.6. The Morgan fingerprint density at radius 2 is 0.910 bits per heavy atom. The molecule has 0 aliphatic carbocycles. The average molecular weight is 1830 g/mol. The Hall–Kier alpha value is -10.4. The summed E-state index contributed by atoms with van der Waals surface area (Å²) >= 11 is 0. The van der Waals surface area contributed by atoms with Crippen molar-refractivity contribution in [3.05, 3.63) is 63.3 Å². The zero-order valence-corrected chi connectivity index (χ0v) is 67.2. The maximum absolute atomic E-state index is 12.5. The van der Waals surface area contributed by atoms with Gasteiger partial charge in [-0.1, -0.05) is 32.9 Å². The molecular formula is C67H70N2O48S5. The number of rotatable bonds is 28. The van der Waals surface area contributed by atoms with E-state index < -0.39 is 326 Å². The Balaban J connectivity index is 0.000000149. The van der Waals surface area contributed by atoms with Gasteiger partial charge in [-0.25, -0.2) is 47.9 Å². The summed E-state index contributed by atoms with van der Waals surface area (Å²) in [6.07, 6.45) is -14.4. The van der Waals surface area contributed by atoms with E-state index in [1.54, 1.807) is 6.07 Å². The smallest absolute Gasteiger partial charge is 0.344 e. The van der Waals surface area contributed by atoms with Crippen molar-refractivity contribution in [3.8, 4) is 12.1 Å². The van der Waals surface area contributed by atoms with Gasteiger partial charge in [0.1, 0.15) is 119 Å². The number of hydrogen-bond donors (Lipinski definition) is 0. The van der Waals surface area contributed by atoms with Gasteiger partial charge in [-0.2, -0.15) is 52.6 Å². The lowest BCUT2D eigenvalue weighted by Gasteiger charge is -2.33. The van der Waals surface area contributed by atoms with Crippen LogP contribution in [0.15, 0.2) is 63.3 Å². The fourth-order valence-electron chi connectivity index (χ4n) is 16.6. The third kappa shape index (κ3) is 16.5. The highest BCUT2D eigenvalue weighted by atomic mass is 32.2. The molecule has 0 aromatic rings. The van der Waals surface area contributed by atoms with Gasteiger partial charge in [0, 0.05) is 63.0 Å². The van der Waals surface area contributed by atoms with E-state index in [9.17, 15) is 114 Å². The van der Waals surface area contributed by atoms with Crippen LogP contribution in [0.3, 0.4) is 0 Å². The molecule has 0 saturated carbocycles. The maximum Gasteiger partial charge on any atom is 0.344 e. The summed E-state index contributed by atoms with van der Waals surface area (Å²) in [6, 6.07) is 3.62. The zero-order chi connectivity index (χ0) is 89.7. The van der Waals surface area contributed by atoms with Crippen molar-refractivity contribution in [2.75, 3.05) is 60.5 Å². The summed E-state index contributed by atoms with van der Waals surface area (Å²) in [5, 5.41) is 14.9. The maximum atomic E-state index is 12.5. The van der Waals surface area contributed by atoms with Gasteiger partial charge >= 0.3 is 77.6 Å². The topological polar surface area (TPSA) is 679 Å². The molecular weight excluding hydrogens is 1760 g/mol. The SMILES string of the molecule is C=CC(=O)OCC(=O)OC1C2CC3(C#N)C(O2)C1OS3(=O)=O.C=CC(=O)OCC(=O)OC1C2CC3(C(=O)OC)C(O2)C1OS3(=O)=O.C=CC(=O)OCC(=O)OC1C2OC3C1OS(=O)(=O)C3C2C#N.C=CC(=O)OCC(=O)OC1C2OS(=O)(=O)C3C2OC1C3C(=O)OC.C=CC(=O)OCC(=O)OC1C2OS(=O)(=O)C3CC1(COC(C)=O)OC23CCOC=O. The highest BCUT2D eigenvalue weighted by molar-refractivity contribution is 7.89. The first-order chi connectivity index (χ1) is 57.4. The van der Waals surface area contributed by atoms with Crippen LogP contribution in [0.2, 0.25) is 0 Å². The number of carbonyl (C=O) groups is 14. The molecule has 15 rings (SSSR count). The molecule has 15 saturated heterocycles. The van der Waals surface area contributed by atoms with Crippen molar-refractivity contribution in [2.45, 2.75) is 179 Å². The van der Waals surface area contributed by atoms with Gasteiger partial charge < -0.3 is 90.0 Å².